The third-order valence-electron chi connectivity index (χ3n) is 3.66. The molecule has 3 heteroatoms. The lowest BCUT2D eigenvalue weighted by Gasteiger charge is -2.23. The highest BCUT2D eigenvalue weighted by Gasteiger charge is 2.30. The average Bonchev–Trinajstić information content (AvgIpc) is 2.53. The molecule has 1 rings (SSSR count). The molecule has 0 amide bonds. The molecule has 0 spiro atoms. The van der Waals surface area contributed by atoms with E-state index in [0.717, 1.165) is 32.6 Å². The first-order valence-corrected chi connectivity index (χ1v) is 6.49. The molecule has 1 unspecified atom stereocenters. The lowest BCUT2D eigenvalue weighted by molar-refractivity contribution is 0.0685. The molecule has 1 aliphatic rings. The molecular weight excluding hydrogens is 200 g/mol. The van der Waals surface area contributed by atoms with E-state index in [1.54, 1.807) is 0 Å². The van der Waals surface area contributed by atoms with Gasteiger partial charge in [0.2, 0.25) is 0 Å². The summed E-state index contributed by atoms with van der Waals surface area (Å²) in [6, 6.07) is 0. The van der Waals surface area contributed by atoms with Gasteiger partial charge in [0, 0.05) is 13.1 Å². The van der Waals surface area contributed by atoms with Gasteiger partial charge in [-0.25, -0.2) is 0 Å². The van der Waals surface area contributed by atoms with Gasteiger partial charge in [0.15, 0.2) is 0 Å². The van der Waals surface area contributed by atoms with Crippen LogP contribution in [0.15, 0.2) is 0 Å². The van der Waals surface area contributed by atoms with E-state index in [9.17, 15) is 5.11 Å². The fraction of sp³-hybridized carbons (Fsp3) is 1.00. The van der Waals surface area contributed by atoms with Crippen LogP contribution in [0.25, 0.3) is 0 Å². The monoisotopic (exact) mass is 228 g/mol. The van der Waals surface area contributed by atoms with Crippen molar-refractivity contribution in [2.75, 3.05) is 26.2 Å². The van der Waals surface area contributed by atoms with E-state index in [2.05, 4.69) is 18.7 Å². The van der Waals surface area contributed by atoms with Crippen LogP contribution >= 0.6 is 0 Å². The Morgan fingerprint density at radius 2 is 2.06 bits per heavy atom. The second kappa shape index (κ2) is 5.48. The molecule has 0 aromatic carbocycles. The number of nitrogens with zero attached hydrogens (tertiary/aromatic N) is 1. The Bertz CT molecular complexity index is 214. The summed E-state index contributed by atoms with van der Waals surface area (Å²) < 4.78 is 0. The topological polar surface area (TPSA) is 49.5 Å². The first kappa shape index (κ1) is 13.9. The Balaban J connectivity index is 2.09. The summed E-state index contributed by atoms with van der Waals surface area (Å²) in [7, 11) is 0. The third kappa shape index (κ3) is 4.81. The standard InChI is InChI=1S/C13H28N2O/c1-12(2,10-14)6-4-5-8-15-9-7-13(3,16)11-15/h16H,4-11,14H2,1-3H3. The largest absolute Gasteiger partial charge is 0.389 e. The summed E-state index contributed by atoms with van der Waals surface area (Å²) in [6.07, 6.45) is 4.58. The van der Waals surface area contributed by atoms with Crippen molar-refractivity contribution in [3.05, 3.63) is 0 Å². The lowest BCUT2D eigenvalue weighted by Crippen LogP contribution is -2.30. The Morgan fingerprint density at radius 3 is 2.56 bits per heavy atom. The van der Waals surface area contributed by atoms with Gasteiger partial charge in [0.05, 0.1) is 5.60 Å². The highest BCUT2D eigenvalue weighted by molar-refractivity contribution is 4.85. The maximum atomic E-state index is 9.83. The number of hydrogen-bond acceptors (Lipinski definition) is 3. The van der Waals surface area contributed by atoms with Gasteiger partial charge in [-0.15, -0.1) is 0 Å². The molecule has 96 valence electrons. The number of aliphatic hydroxyl groups is 1. The molecule has 3 N–H and O–H groups in total. The zero-order chi connectivity index (χ0) is 12.2. The number of unbranched alkanes of at least 4 members (excludes halogenated alkanes) is 1. The SMILES string of the molecule is CC(C)(CN)CCCCN1CCC(C)(O)C1. The number of nitrogens with two attached hydrogens (primary N) is 1. The minimum Gasteiger partial charge on any atom is -0.389 e. The zero-order valence-corrected chi connectivity index (χ0v) is 11.1. The second-order valence-electron chi connectivity index (χ2n) is 6.35. The number of likely N-dealkylation sites (tertiary alicyclic amines) is 1. The van der Waals surface area contributed by atoms with Crippen LogP contribution in [0, 0.1) is 5.41 Å². The van der Waals surface area contributed by atoms with Gasteiger partial charge < -0.3 is 15.7 Å². The molecule has 3 nitrogen and oxygen atoms in total. The van der Waals surface area contributed by atoms with Crippen molar-refractivity contribution in [1.82, 2.24) is 4.90 Å². The normalized spacial score (nSPS) is 27.6. The molecule has 1 aliphatic heterocycles. The molecule has 0 radical (unpaired) electrons. The van der Waals surface area contributed by atoms with E-state index in [0.29, 0.717) is 0 Å². The molecule has 0 aliphatic carbocycles. The smallest absolute Gasteiger partial charge is 0.0758 e. The minimum atomic E-state index is -0.448. The van der Waals surface area contributed by atoms with Crippen molar-refractivity contribution in [2.45, 2.75) is 52.1 Å². The van der Waals surface area contributed by atoms with Crippen LogP contribution in [0.1, 0.15) is 46.5 Å². The van der Waals surface area contributed by atoms with Crippen molar-refractivity contribution in [3.63, 3.8) is 0 Å². The van der Waals surface area contributed by atoms with Crippen molar-refractivity contribution in [2.24, 2.45) is 11.1 Å². The average molecular weight is 228 g/mol. The minimum absolute atomic E-state index is 0.288. The molecular formula is C13H28N2O. The molecule has 0 aromatic heterocycles. The van der Waals surface area contributed by atoms with Crippen molar-refractivity contribution >= 4 is 0 Å². The van der Waals surface area contributed by atoms with Crippen LogP contribution in [0.3, 0.4) is 0 Å². The van der Waals surface area contributed by atoms with Crippen molar-refractivity contribution in [1.29, 1.82) is 0 Å². The first-order chi connectivity index (χ1) is 7.35. The Morgan fingerprint density at radius 1 is 1.38 bits per heavy atom. The highest BCUT2D eigenvalue weighted by atomic mass is 16.3. The molecule has 0 aromatic rings. The summed E-state index contributed by atoms with van der Waals surface area (Å²) >= 11 is 0. The molecule has 16 heavy (non-hydrogen) atoms. The van der Waals surface area contributed by atoms with E-state index in [1.165, 1.54) is 19.3 Å². The van der Waals surface area contributed by atoms with Gasteiger partial charge >= 0.3 is 0 Å². The van der Waals surface area contributed by atoms with Crippen molar-refractivity contribution < 1.29 is 5.11 Å². The zero-order valence-electron chi connectivity index (χ0n) is 11.1. The Labute approximate surface area is 100 Å². The van der Waals surface area contributed by atoms with Crippen LogP contribution in [-0.2, 0) is 0 Å². The number of rotatable bonds is 6. The van der Waals surface area contributed by atoms with Crippen LogP contribution < -0.4 is 5.73 Å². The van der Waals surface area contributed by atoms with Crippen LogP contribution in [0.4, 0.5) is 0 Å². The lowest BCUT2D eigenvalue weighted by atomic mass is 9.87. The Kier molecular flexibility index (Phi) is 4.77. The fourth-order valence-electron chi connectivity index (χ4n) is 2.27. The van der Waals surface area contributed by atoms with E-state index >= 15 is 0 Å². The summed E-state index contributed by atoms with van der Waals surface area (Å²) in [5.74, 6) is 0. The van der Waals surface area contributed by atoms with E-state index in [-0.39, 0.29) is 5.41 Å². The van der Waals surface area contributed by atoms with E-state index in [1.807, 2.05) is 6.92 Å². The van der Waals surface area contributed by atoms with Crippen LogP contribution in [-0.4, -0.2) is 41.8 Å². The fourth-order valence-corrected chi connectivity index (χ4v) is 2.27. The number of hydrogen-bond donors (Lipinski definition) is 2. The Hall–Kier alpha value is -0.120. The summed E-state index contributed by atoms with van der Waals surface area (Å²) in [5.41, 5.74) is 5.54. The van der Waals surface area contributed by atoms with E-state index < -0.39 is 5.60 Å². The molecule has 1 heterocycles. The molecule has 1 saturated heterocycles. The first-order valence-electron chi connectivity index (χ1n) is 6.49. The van der Waals surface area contributed by atoms with Gasteiger partial charge in [-0.1, -0.05) is 20.3 Å². The molecule has 0 saturated carbocycles. The quantitative estimate of drug-likeness (QED) is 0.679. The van der Waals surface area contributed by atoms with Crippen LogP contribution in [0.2, 0.25) is 0 Å². The third-order valence-corrected chi connectivity index (χ3v) is 3.66. The second-order valence-corrected chi connectivity index (χ2v) is 6.35. The van der Waals surface area contributed by atoms with Crippen LogP contribution in [0.5, 0.6) is 0 Å². The van der Waals surface area contributed by atoms with Gasteiger partial charge in [0.25, 0.3) is 0 Å². The molecule has 0 bridgehead atoms. The van der Waals surface area contributed by atoms with Gasteiger partial charge in [-0.3, -0.25) is 0 Å². The van der Waals surface area contributed by atoms with Gasteiger partial charge in [-0.2, -0.15) is 0 Å². The van der Waals surface area contributed by atoms with Crippen molar-refractivity contribution in [3.8, 4) is 0 Å². The number of β-amino-alcohol motifs (C(OH)–C–C–N with tert-alkyl or cyclic N) is 1. The van der Waals surface area contributed by atoms with Gasteiger partial charge in [-0.05, 0) is 44.7 Å². The predicted octanol–water partition coefficient (Wildman–Crippen LogP) is 1.60. The predicted molar refractivity (Wildman–Crippen MR) is 68.4 cm³/mol. The van der Waals surface area contributed by atoms with Gasteiger partial charge in [0.1, 0.15) is 0 Å². The highest BCUT2D eigenvalue weighted by Crippen LogP contribution is 2.23. The van der Waals surface area contributed by atoms with E-state index in [4.69, 9.17) is 5.73 Å². The maximum absolute atomic E-state index is 9.83. The molecule has 1 fully saturated rings. The summed E-state index contributed by atoms with van der Waals surface area (Å²) in [6.45, 7) is 10.2. The molecule has 1 atom stereocenters. The summed E-state index contributed by atoms with van der Waals surface area (Å²) in [5, 5.41) is 9.83. The maximum Gasteiger partial charge on any atom is 0.0758 e. The summed E-state index contributed by atoms with van der Waals surface area (Å²) in [4.78, 5) is 2.37.